The molecule has 0 spiro atoms. The van der Waals surface area contributed by atoms with Crippen molar-refractivity contribution < 1.29 is 18.0 Å². The summed E-state index contributed by atoms with van der Waals surface area (Å²) in [5.74, 6) is -0.216. The van der Waals surface area contributed by atoms with Crippen LogP contribution in [0.2, 0.25) is 0 Å². The second kappa shape index (κ2) is 8.59. The van der Waals surface area contributed by atoms with Crippen LogP contribution in [0.3, 0.4) is 0 Å². The Morgan fingerprint density at radius 1 is 1.21 bits per heavy atom. The highest BCUT2D eigenvalue weighted by molar-refractivity contribution is 7.88. The van der Waals surface area contributed by atoms with Crippen LogP contribution in [-0.2, 0) is 26.0 Å². The second-order valence-corrected chi connectivity index (χ2v) is 9.43. The third-order valence-corrected chi connectivity index (χ3v) is 6.09. The molecule has 0 aliphatic carbocycles. The van der Waals surface area contributed by atoms with Gasteiger partial charge in [0.25, 0.3) is 0 Å². The molecule has 154 valence electrons. The minimum atomic E-state index is -3.32. The first-order chi connectivity index (χ1) is 13.2. The first-order valence-corrected chi connectivity index (χ1v) is 11.4. The maximum absolute atomic E-state index is 13.1. The number of amides is 2. The normalized spacial score (nSPS) is 25.6. The lowest BCUT2D eigenvalue weighted by atomic mass is 10.0. The van der Waals surface area contributed by atoms with Crippen LogP contribution in [0.25, 0.3) is 0 Å². The molecule has 9 heteroatoms. The number of fused-ring (bicyclic) bond motifs is 1. The van der Waals surface area contributed by atoms with E-state index in [1.54, 1.807) is 4.90 Å². The van der Waals surface area contributed by atoms with Gasteiger partial charge in [-0.3, -0.25) is 14.5 Å². The van der Waals surface area contributed by atoms with E-state index in [4.69, 9.17) is 0 Å². The van der Waals surface area contributed by atoms with Gasteiger partial charge >= 0.3 is 0 Å². The molecular formula is C19H28N4O4S. The summed E-state index contributed by atoms with van der Waals surface area (Å²) in [5.41, 5.74) is 1.19. The van der Waals surface area contributed by atoms with Crippen molar-refractivity contribution in [3.63, 3.8) is 0 Å². The lowest BCUT2D eigenvalue weighted by Crippen LogP contribution is -2.62. The molecule has 0 unspecified atom stereocenters. The maximum Gasteiger partial charge on any atom is 0.242 e. The first-order valence-electron chi connectivity index (χ1n) is 9.53. The average Bonchev–Trinajstić information content (AvgIpc) is 3.00. The zero-order valence-corrected chi connectivity index (χ0v) is 17.1. The molecule has 1 aromatic rings. The molecular weight excluding hydrogens is 380 g/mol. The number of hydrogen-bond donors (Lipinski definition) is 2. The van der Waals surface area contributed by atoms with E-state index in [-0.39, 0.29) is 30.4 Å². The van der Waals surface area contributed by atoms with E-state index in [1.165, 1.54) is 12.5 Å². The lowest BCUT2D eigenvalue weighted by Gasteiger charge is -2.42. The van der Waals surface area contributed by atoms with Gasteiger partial charge in [0.15, 0.2) is 0 Å². The number of benzene rings is 1. The van der Waals surface area contributed by atoms with Gasteiger partial charge in [-0.05, 0) is 18.4 Å². The zero-order chi connectivity index (χ0) is 20.3. The Balaban J connectivity index is 1.71. The lowest BCUT2D eigenvalue weighted by molar-refractivity contribution is -0.143. The second-order valence-electron chi connectivity index (χ2n) is 7.65. The number of sulfonamides is 1. The fraction of sp³-hybridized carbons (Fsp3) is 0.579. The van der Waals surface area contributed by atoms with Crippen molar-refractivity contribution in [3.05, 3.63) is 35.9 Å². The van der Waals surface area contributed by atoms with Crippen LogP contribution in [0.5, 0.6) is 0 Å². The van der Waals surface area contributed by atoms with E-state index in [0.717, 1.165) is 12.7 Å². The minimum absolute atomic E-state index is 0.0175. The van der Waals surface area contributed by atoms with Crippen LogP contribution in [-0.4, -0.2) is 80.6 Å². The van der Waals surface area contributed by atoms with Crippen molar-refractivity contribution in [2.45, 2.75) is 37.9 Å². The zero-order valence-electron chi connectivity index (χ0n) is 16.3. The Bertz CT molecular complexity index is 814. The molecule has 2 aliphatic rings. The largest absolute Gasteiger partial charge is 0.354 e. The Kier molecular flexibility index (Phi) is 6.36. The summed E-state index contributed by atoms with van der Waals surface area (Å²) in [6, 6.07) is 9.36. The molecule has 0 saturated carbocycles. The number of carbonyl (C=O) groups excluding carboxylic acids is 2. The van der Waals surface area contributed by atoms with Gasteiger partial charge in [0.2, 0.25) is 21.8 Å². The Morgan fingerprint density at radius 2 is 1.93 bits per heavy atom. The van der Waals surface area contributed by atoms with Crippen molar-refractivity contribution in [3.8, 4) is 0 Å². The van der Waals surface area contributed by atoms with Gasteiger partial charge in [0, 0.05) is 45.2 Å². The number of nitrogens with zero attached hydrogens (tertiary/aromatic N) is 2. The Labute approximate surface area is 166 Å². The highest BCUT2D eigenvalue weighted by Crippen LogP contribution is 2.26. The molecule has 0 radical (unpaired) electrons. The van der Waals surface area contributed by atoms with Gasteiger partial charge < -0.3 is 10.2 Å². The molecule has 2 amide bonds. The quantitative estimate of drug-likeness (QED) is 0.638. The van der Waals surface area contributed by atoms with E-state index < -0.39 is 16.1 Å². The summed E-state index contributed by atoms with van der Waals surface area (Å²) >= 11 is 0. The van der Waals surface area contributed by atoms with Crippen molar-refractivity contribution in [1.82, 2.24) is 19.8 Å². The molecule has 28 heavy (non-hydrogen) atoms. The summed E-state index contributed by atoms with van der Waals surface area (Å²) in [5, 5.41) is 2.76. The smallest absolute Gasteiger partial charge is 0.242 e. The molecule has 2 N–H and O–H groups in total. The maximum atomic E-state index is 13.1. The Morgan fingerprint density at radius 3 is 2.57 bits per heavy atom. The molecule has 3 rings (SSSR count). The molecule has 2 fully saturated rings. The fourth-order valence-corrected chi connectivity index (χ4v) is 4.89. The predicted octanol–water partition coefficient (Wildman–Crippen LogP) is -0.432. The van der Waals surface area contributed by atoms with Crippen LogP contribution < -0.4 is 10.0 Å². The van der Waals surface area contributed by atoms with Crippen molar-refractivity contribution >= 4 is 21.8 Å². The third-order valence-electron chi connectivity index (χ3n) is 5.32. The molecule has 2 saturated heterocycles. The highest BCUT2D eigenvalue weighted by atomic mass is 32.2. The van der Waals surface area contributed by atoms with Crippen LogP contribution in [0, 0.1) is 0 Å². The van der Waals surface area contributed by atoms with Gasteiger partial charge in [-0.15, -0.1) is 0 Å². The summed E-state index contributed by atoms with van der Waals surface area (Å²) < 4.78 is 25.8. The van der Waals surface area contributed by atoms with Crippen molar-refractivity contribution in [1.29, 1.82) is 0 Å². The molecule has 0 aromatic heterocycles. The molecule has 2 aliphatic heterocycles. The SMILES string of the molecule is CC(=O)NC[C@H]1C(=O)N2C[C@@H](NS(C)(=O)=O)C[C@H]2CN1CCc1ccccc1. The molecule has 3 atom stereocenters. The van der Waals surface area contributed by atoms with Crippen LogP contribution >= 0.6 is 0 Å². The van der Waals surface area contributed by atoms with Crippen LogP contribution in [0.15, 0.2) is 30.3 Å². The van der Waals surface area contributed by atoms with Crippen molar-refractivity contribution in [2.75, 3.05) is 32.4 Å². The standard InChI is InChI=1S/C19H28N4O4S/c1-14(24)20-11-18-19(25)23-12-16(21-28(2,26)27)10-17(23)13-22(18)9-8-15-6-4-3-5-7-15/h3-7,16-18,21H,8-13H2,1-2H3,(H,20,24)/t16-,17-,18-/m0/s1. The fourth-order valence-electron chi connectivity index (χ4n) is 4.11. The number of hydrogen-bond acceptors (Lipinski definition) is 5. The van der Waals surface area contributed by atoms with Gasteiger partial charge in [-0.2, -0.15) is 0 Å². The molecule has 2 heterocycles. The molecule has 1 aromatic carbocycles. The summed E-state index contributed by atoms with van der Waals surface area (Å²) in [6.45, 7) is 3.45. The van der Waals surface area contributed by atoms with Gasteiger partial charge in [-0.1, -0.05) is 30.3 Å². The topological polar surface area (TPSA) is 98.8 Å². The number of rotatable bonds is 7. The van der Waals surface area contributed by atoms with E-state index in [0.29, 0.717) is 26.1 Å². The van der Waals surface area contributed by atoms with Gasteiger partial charge in [-0.25, -0.2) is 13.1 Å². The Hall–Kier alpha value is -1.97. The number of nitrogens with one attached hydrogen (secondary N) is 2. The summed E-state index contributed by atoms with van der Waals surface area (Å²) in [4.78, 5) is 28.4. The van der Waals surface area contributed by atoms with E-state index >= 15 is 0 Å². The minimum Gasteiger partial charge on any atom is -0.354 e. The summed E-state index contributed by atoms with van der Waals surface area (Å²) in [7, 11) is -3.32. The van der Waals surface area contributed by atoms with Crippen LogP contribution in [0.1, 0.15) is 18.9 Å². The number of piperazine rings is 1. The summed E-state index contributed by atoms with van der Waals surface area (Å²) in [6.07, 6.45) is 2.55. The van der Waals surface area contributed by atoms with E-state index in [1.807, 2.05) is 18.2 Å². The highest BCUT2D eigenvalue weighted by Gasteiger charge is 2.45. The number of carbonyl (C=O) groups is 2. The van der Waals surface area contributed by atoms with Gasteiger partial charge in [0.05, 0.1) is 6.26 Å². The molecule has 0 bridgehead atoms. The average molecular weight is 409 g/mol. The molecule has 8 nitrogen and oxygen atoms in total. The van der Waals surface area contributed by atoms with Crippen molar-refractivity contribution in [2.24, 2.45) is 0 Å². The van der Waals surface area contributed by atoms with E-state index in [2.05, 4.69) is 27.1 Å². The predicted molar refractivity (Wildman–Crippen MR) is 106 cm³/mol. The third kappa shape index (κ3) is 5.30. The van der Waals surface area contributed by atoms with Gasteiger partial charge in [0.1, 0.15) is 6.04 Å². The van der Waals surface area contributed by atoms with E-state index in [9.17, 15) is 18.0 Å². The first kappa shape index (κ1) is 20.8. The van der Waals surface area contributed by atoms with Crippen LogP contribution in [0.4, 0.5) is 0 Å². The monoisotopic (exact) mass is 408 g/mol.